The van der Waals surface area contributed by atoms with Crippen molar-refractivity contribution in [2.45, 2.75) is 58.5 Å². The third-order valence-electron chi connectivity index (χ3n) is 4.53. The second-order valence-corrected chi connectivity index (χ2v) is 8.58. The Balaban J connectivity index is 3.52. The maximum absolute atomic E-state index is 10.7. The molecule has 4 heteroatoms. The van der Waals surface area contributed by atoms with Gasteiger partial charge < -0.3 is 20.4 Å². The standard InChI is InChI=1S/C19H32O4/c1-17(2,3)14-7-13(8-15(9-14)18(4,5)6)16(23)19(10-20,11-21)12-22/h7-9,16,20-23H,10-12H2,1-6H3. The van der Waals surface area contributed by atoms with Crippen molar-refractivity contribution in [3.63, 3.8) is 0 Å². The average molecular weight is 324 g/mol. The van der Waals surface area contributed by atoms with Crippen LogP contribution in [0, 0.1) is 5.41 Å². The average Bonchev–Trinajstić information content (AvgIpc) is 2.47. The zero-order valence-corrected chi connectivity index (χ0v) is 15.2. The van der Waals surface area contributed by atoms with Crippen molar-refractivity contribution >= 4 is 0 Å². The van der Waals surface area contributed by atoms with Gasteiger partial charge in [0.1, 0.15) is 0 Å². The van der Waals surface area contributed by atoms with E-state index in [1.54, 1.807) is 0 Å². The van der Waals surface area contributed by atoms with Gasteiger partial charge in [0.15, 0.2) is 0 Å². The molecule has 1 aromatic rings. The summed E-state index contributed by atoms with van der Waals surface area (Å²) in [4.78, 5) is 0. The number of aliphatic hydroxyl groups is 4. The normalized spacial score (nSPS) is 14.9. The first-order valence-electron chi connectivity index (χ1n) is 8.08. The summed E-state index contributed by atoms with van der Waals surface area (Å²) in [6, 6.07) is 5.93. The molecule has 0 radical (unpaired) electrons. The fourth-order valence-electron chi connectivity index (χ4n) is 2.44. The van der Waals surface area contributed by atoms with E-state index in [1.807, 2.05) is 12.1 Å². The van der Waals surface area contributed by atoms with Crippen LogP contribution in [0.1, 0.15) is 64.3 Å². The van der Waals surface area contributed by atoms with Gasteiger partial charge in [-0.1, -0.05) is 59.7 Å². The van der Waals surface area contributed by atoms with Gasteiger partial charge in [0.05, 0.1) is 31.3 Å². The Morgan fingerprint density at radius 1 is 0.739 bits per heavy atom. The topological polar surface area (TPSA) is 80.9 Å². The van der Waals surface area contributed by atoms with Crippen LogP contribution in [-0.4, -0.2) is 40.2 Å². The molecule has 0 aliphatic heterocycles. The van der Waals surface area contributed by atoms with Crippen molar-refractivity contribution in [2.75, 3.05) is 19.8 Å². The molecule has 4 N–H and O–H groups in total. The van der Waals surface area contributed by atoms with Crippen molar-refractivity contribution in [3.8, 4) is 0 Å². The Labute approximate surface area is 139 Å². The maximum atomic E-state index is 10.7. The first kappa shape index (κ1) is 20.1. The molecule has 23 heavy (non-hydrogen) atoms. The van der Waals surface area contributed by atoms with Crippen molar-refractivity contribution < 1.29 is 20.4 Å². The van der Waals surface area contributed by atoms with Gasteiger partial charge in [-0.05, 0) is 27.5 Å². The molecule has 0 aliphatic rings. The van der Waals surface area contributed by atoms with Crippen LogP contribution in [0.4, 0.5) is 0 Å². The van der Waals surface area contributed by atoms with E-state index in [0.717, 1.165) is 11.1 Å². The predicted octanol–water partition coefficient (Wildman–Crippen LogP) is 2.28. The minimum atomic E-state index is -1.36. The molecular weight excluding hydrogens is 292 g/mol. The van der Waals surface area contributed by atoms with Crippen LogP contribution in [0.5, 0.6) is 0 Å². The second kappa shape index (κ2) is 6.89. The van der Waals surface area contributed by atoms with Gasteiger partial charge in [0, 0.05) is 0 Å². The van der Waals surface area contributed by atoms with Crippen LogP contribution in [-0.2, 0) is 10.8 Å². The van der Waals surface area contributed by atoms with Gasteiger partial charge in [-0.15, -0.1) is 0 Å². The molecule has 0 fully saturated rings. The van der Waals surface area contributed by atoms with Gasteiger partial charge >= 0.3 is 0 Å². The maximum Gasteiger partial charge on any atom is 0.0912 e. The summed E-state index contributed by atoms with van der Waals surface area (Å²) >= 11 is 0. The van der Waals surface area contributed by atoms with E-state index in [4.69, 9.17) is 0 Å². The molecule has 132 valence electrons. The number of rotatable bonds is 5. The van der Waals surface area contributed by atoms with E-state index in [0.29, 0.717) is 5.56 Å². The van der Waals surface area contributed by atoms with Crippen LogP contribution in [0.2, 0.25) is 0 Å². The smallest absolute Gasteiger partial charge is 0.0912 e. The van der Waals surface area contributed by atoms with Crippen LogP contribution in [0.15, 0.2) is 18.2 Å². The molecule has 0 heterocycles. The summed E-state index contributed by atoms with van der Waals surface area (Å²) in [5.74, 6) is 0. The lowest BCUT2D eigenvalue weighted by Gasteiger charge is -2.35. The largest absolute Gasteiger partial charge is 0.395 e. The molecule has 0 saturated heterocycles. The van der Waals surface area contributed by atoms with Gasteiger partial charge in [-0.3, -0.25) is 0 Å². The summed E-state index contributed by atoms with van der Waals surface area (Å²) in [5.41, 5.74) is 1.19. The molecule has 0 spiro atoms. The van der Waals surface area contributed by atoms with E-state index in [2.05, 4.69) is 47.6 Å². The van der Waals surface area contributed by atoms with E-state index in [9.17, 15) is 20.4 Å². The molecule has 4 nitrogen and oxygen atoms in total. The molecule has 1 unspecified atom stereocenters. The highest BCUT2D eigenvalue weighted by Gasteiger charge is 2.38. The van der Waals surface area contributed by atoms with Crippen molar-refractivity contribution in [1.29, 1.82) is 0 Å². The molecule has 1 aromatic carbocycles. The van der Waals surface area contributed by atoms with E-state index in [-0.39, 0.29) is 10.8 Å². The Bertz CT molecular complexity index is 479. The van der Waals surface area contributed by atoms with E-state index in [1.165, 1.54) is 0 Å². The highest BCUT2D eigenvalue weighted by atomic mass is 16.3. The third kappa shape index (κ3) is 4.32. The van der Waals surface area contributed by atoms with Crippen LogP contribution >= 0.6 is 0 Å². The Hall–Kier alpha value is -0.940. The number of hydrogen-bond acceptors (Lipinski definition) is 4. The quantitative estimate of drug-likeness (QED) is 0.670. The first-order chi connectivity index (χ1) is 10.4. The minimum absolute atomic E-state index is 0.101. The van der Waals surface area contributed by atoms with Crippen LogP contribution in [0.3, 0.4) is 0 Å². The minimum Gasteiger partial charge on any atom is -0.395 e. The SMILES string of the molecule is CC(C)(C)c1cc(C(O)C(CO)(CO)CO)cc(C(C)(C)C)c1. The van der Waals surface area contributed by atoms with Gasteiger partial charge in [0.2, 0.25) is 0 Å². The molecular formula is C19H32O4. The van der Waals surface area contributed by atoms with Crippen LogP contribution < -0.4 is 0 Å². The summed E-state index contributed by atoms with van der Waals surface area (Å²) in [6.45, 7) is 11.1. The van der Waals surface area contributed by atoms with Gasteiger partial charge in [-0.2, -0.15) is 0 Å². The van der Waals surface area contributed by atoms with E-state index < -0.39 is 31.3 Å². The zero-order valence-electron chi connectivity index (χ0n) is 15.2. The van der Waals surface area contributed by atoms with Gasteiger partial charge in [0.25, 0.3) is 0 Å². The summed E-state index contributed by atoms with van der Waals surface area (Å²) < 4.78 is 0. The monoisotopic (exact) mass is 324 g/mol. The molecule has 0 bridgehead atoms. The molecule has 1 atom stereocenters. The molecule has 0 aliphatic carbocycles. The first-order valence-corrected chi connectivity index (χ1v) is 8.08. The number of benzene rings is 1. The lowest BCUT2D eigenvalue weighted by molar-refractivity contribution is -0.0852. The van der Waals surface area contributed by atoms with Crippen molar-refractivity contribution in [2.24, 2.45) is 5.41 Å². The molecule has 0 amide bonds. The predicted molar refractivity (Wildman–Crippen MR) is 92.5 cm³/mol. The molecule has 0 aromatic heterocycles. The van der Waals surface area contributed by atoms with Gasteiger partial charge in [-0.25, -0.2) is 0 Å². The summed E-state index contributed by atoms with van der Waals surface area (Å²) in [5, 5.41) is 39.5. The van der Waals surface area contributed by atoms with Crippen molar-refractivity contribution in [1.82, 2.24) is 0 Å². The summed E-state index contributed by atoms with van der Waals surface area (Å²) in [7, 11) is 0. The Morgan fingerprint density at radius 3 is 1.35 bits per heavy atom. The number of aliphatic hydroxyl groups excluding tert-OH is 4. The molecule has 0 saturated carbocycles. The Morgan fingerprint density at radius 2 is 1.09 bits per heavy atom. The lowest BCUT2D eigenvalue weighted by atomic mass is 9.75. The highest BCUT2D eigenvalue weighted by Crippen LogP contribution is 2.38. The second-order valence-electron chi connectivity index (χ2n) is 8.58. The summed E-state index contributed by atoms with van der Waals surface area (Å²) in [6.07, 6.45) is -1.15. The number of hydrogen-bond donors (Lipinski definition) is 4. The highest BCUT2D eigenvalue weighted by molar-refractivity contribution is 5.38. The van der Waals surface area contributed by atoms with Crippen molar-refractivity contribution in [3.05, 3.63) is 34.9 Å². The lowest BCUT2D eigenvalue weighted by Crippen LogP contribution is -2.40. The fourth-order valence-corrected chi connectivity index (χ4v) is 2.44. The Kier molecular flexibility index (Phi) is 6.03. The fraction of sp³-hybridized carbons (Fsp3) is 0.684. The van der Waals surface area contributed by atoms with Crippen LogP contribution in [0.25, 0.3) is 0 Å². The van der Waals surface area contributed by atoms with E-state index >= 15 is 0 Å². The zero-order chi connectivity index (χ0) is 18.1. The third-order valence-corrected chi connectivity index (χ3v) is 4.53. The molecule has 1 rings (SSSR count).